The monoisotopic (exact) mass is 296 g/mol. The Balaban J connectivity index is 0. The maximum absolute atomic E-state index is 10.5. The molecule has 0 aliphatic heterocycles. The van der Waals surface area contributed by atoms with Gasteiger partial charge < -0.3 is 4.89 Å². The molecular formula is C8H20ClFO4P2. The van der Waals surface area contributed by atoms with Gasteiger partial charge in [-0.25, -0.2) is 4.08 Å². The molecule has 0 aromatic rings. The zero-order valence-corrected chi connectivity index (χ0v) is 12.7. The van der Waals surface area contributed by atoms with Gasteiger partial charge in [-0.15, -0.1) is 4.73 Å². The smallest absolute Gasteiger partial charge is 0.319 e. The molecule has 16 heavy (non-hydrogen) atoms. The van der Waals surface area contributed by atoms with Crippen LogP contribution in [0.15, 0.2) is 0 Å². The minimum absolute atomic E-state index is 0.420. The summed E-state index contributed by atoms with van der Waals surface area (Å²) in [5.41, 5.74) is 0. The summed E-state index contributed by atoms with van der Waals surface area (Å²) in [6, 6.07) is 0. The number of halogens is 2. The van der Waals surface area contributed by atoms with Crippen molar-refractivity contribution in [3.05, 3.63) is 0 Å². The van der Waals surface area contributed by atoms with Crippen molar-refractivity contribution in [2.24, 2.45) is 0 Å². The fraction of sp³-hybridized carbons (Fsp3) is 1.00. The van der Waals surface area contributed by atoms with Crippen LogP contribution in [0.3, 0.4) is 0 Å². The molecule has 0 fully saturated rings. The Bertz CT molecular complexity index is 189. The molecule has 0 amide bonds. The van der Waals surface area contributed by atoms with Crippen molar-refractivity contribution < 1.29 is 22.8 Å². The molecular weight excluding hydrogens is 276 g/mol. The normalized spacial score (nSPS) is 14.9. The van der Waals surface area contributed by atoms with Gasteiger partial charge in [-0.1, -0.05) is 0 Å². The van der Waals surface area contributed by atoms with Crippen LogP contribution in [0.2, 0.25) is 0 Å². The van der Waals surface area contributed by atoms with Crippen molar-refractivity contribution in [1.82, 2.24) is 0 Å². The third-order valence-electron chi connectivity index (χ3n) is 2.85. The van der Waals surface area contributed by atoms with E-state index in [4.69, 9.17) is 0 Å². The predicted molar refractivity (Wildman–Crippen MR) is 65.8 cm³/mol. The Kier molecular flexibility index (Phi) is 11.7. The largest absolute Gasteiger partial charge is 0.753 e. The molecule has 0 aromatic carbocycles. The first-order valence-corrected chi connectivity index (χ1v) is 9.43. The molecule has 0 spiro atoms. The highest BCUT2D eigenvalue weighted by atomic mass is 35.5. The molecule has 0 rings (SSSR count). The van der Waals surface area contributed by atoms with Gasteiger partial charge in [0, 0.05) is 7.26 Å². The number of hydrogen-bond donors (Lipinski definition) is 0. The summed E-state index contributed by atoms with van der Waals surface area (Å²) in [6.45, 7) is 9.41. The van der Waals surface area contributed by atoms with Crippen LogP contribution in [0.1, 0.15) is 27.7 Å². The van der Waals surface area contributed by atoms with Crippen LogP contribution in [0, 0.1) is 0 Å². The zero-order chi connectivity index (χ0) is 13.2. The van der Waals surface area contributed by atoms with E-state index < -0.39 is 15.1 Å². The minimum Gasteiger partial charge on any atom is -0.753 e. The third-order valence-corrected chi connectivity index (χ3v) is 9.06. The van der Waals surface area contributed by atoms with E-state index >= 15 is 0 Å². The van der Waals surface area contributed by atoms with Crippen LogP contribution in [0.25, 0.3) is 0 Å². The standard InChI is InChI=1S/C8H20P.ClFHO4P/c1-5-9(6-2,7-3)8-4;1-5-7(3,4)6-2/h5-8H2,1-4H3;(H,3,4)/q+1;/p-1. The fourth-order valence-electron chi connectivity index (χ4n) is 1.35. The number of hydrogen-bond acceptors (Lipinski definition) is 4. The minimum atomic E-state index is -4.81. The molecule has 0 radical (unpaired) electrons. The van der Waals surface area contributed by atoms with Gasteiger partial charge in [0.05, 0.1) is 36.5 Å². The lowest BCUT2D eigenvalue weighted by Gasteiger charge is -2.20. The average Bonchev–Trinajstić information content (AvgIpc) is 2.34. The molecule has 0 aromatic heterocycles. The SMILES string of the molecule is CC[P+](CC)(CC)CC.O=P([O-])(OF)OCl. The summed E-state index contributed by atoms with van der Waals surface area (Å²) in [4.78, 5) is 9.44. The first-order chi connectivity index (χ1) is 7.36. The Morgan fingerprint density at radius 1 is 1.19 bits per heavy atom. The molecule has 0 aliphatic carbocycles. The van der Waals surface area contributed by atoms with Crippen LogP contribution in [-0.2, 0) is 13.4 Å². The maximum atomic E-state index is 10.5. The first kappa shape index (κ1) is 19.1. The number of phosphoric acid groups is 1. The Hall–Kier alpha value is 0.760. The van der Waals surface area contributed by atoms with Gasteiger partial charge in [-0.05, 0) is 32.2 Å². The van der Waals surface area contributed by atoms with Crippen LogP contribution >= 0.6 is 27.0 Å². The second kappa shape index (κ2) is 9.76. The van der Waals surface area contributed by atoms with Gasteiger partial charge in [0.15, 0.2) is 0 Å². The van der Waals surface area contributed by atoms with E-state index in [0.29, 0.717) is 0 Å². The Morgan fingerprint density at radius 3 is 1.50 bits per heavy atom. The average molecular weight is 297 g/mol. The summed E-state index contributed by atoms with van der Waals surface area (Å²) < 4.78 is 25.1. The lowest BCUT2D eigenvalue weighted by atomic mass is 10.9. The molecule has 0 saturated carbocycles. The van der Waals surface area contributed by atoms with E-state index in [9.17, 15) is 14.0 Å². The van der Waals surface area contributed by atoms with Crippen molar-refractivity contribution in [3.63, 3.8) is 0 Å². The van der Waals surface area contributed by atoms with E-state index in [1.807, 2.05) is 0 Å². The summed E-state index contributed by atoms with van der Waals surface area (Å²) in [6.07, 6.45) is 5.82. The van der Waals surface area contributed by atoms with Crippen molar-refractivity contribution in [3.8, 4) is 0 Å². The maximum Gasteiger partial charge on any atom is 0.319 e. The van der Waals surface area contributed by atoms with Crippen LogP contribution in [0.5, 0.6) is 0 Å². The molecule has 8 heteroatoms. The zero-order valence-electron chi connectivity index (χ0n) is 10.1. The second-order valence-corrected chi connectivity index (χ2v) is 9.99. The quantitative estimate of drug-likeness (QED) is 0.703. The molecule has 0 heterocycles. The highest BCUT2D eigenvalue weighted by Gasteiger charge is 2.27. The van der Waals surface area contributed by atoms with Gasteiger partial charge in [0.25, 0.3) is 0 Å². The molecule has 100 valence electrons. The van der Waals surface area contributed by atoms with Gasteiger partial charge in [0.2, 0.25) is 0 Å². The lowest BCUT2D eigenvalue weighted by Crippen LogP contribution is -2.04. The summed E-state index contributed by atoms with van der Waals surface area (Å²) in [5, 5.41) is 0. The molecule has 0 saturated heterocycles. The fourth-order valence-corrected chi connectivity index (χ4v) is 4.12. The molecule has 0 N–H and O–H groups in total. The third kappa shape index (κ3) is 7.94. The van der Waals surface area contributed by atoms with Gasteiger partial charge in [0.1, 0.15) is 0 Å². The number of rotatable bonds is 6. The summed E-state index contributed by atoms with van der Waals surface area (Å²) >= 11 is 4.15. The molecule has 1 atom stereocenters. The molecule has 0 bridgehead atoms. The van der Waals surface area contributed by atoms with Crippen LogP contribution in [-0.4, -0.2) is 24.6 Å². The predicted octanol–water partition coefficient (Wildman–Crippen LogP) is 3.61. The second-order valence-electron chi connectivity index (χ2n) is 3.19. The lowest BCUT2D eigenvalue weighted by molar-refractivity contribution is -0.244. The van der Waals surface area contributed by atoms with Crippen LogP contribution < -0.4 is 4.89 Å². The van der Waals surface area contributed by atoms with Crippen molar-refractivity contribution >= 4 is 27.0 Å². The van der Waals surface area contributed by atoms with Gasteiger partial charge in [-0.2, -0.15) is 0 Å². The van der Waals surface area contributed by atoms with Gasteiger partial charge >= 0.3 is 7.82 Å². The summed E-state index contributed by atoms with van der Waals surface area (Å²) in [5.74, 6) is 0. The Morgan fingerprint density at radius 2 is 1.50 bits per heavy atom. The molecule has 1 unspecified atom stereocenters. The van der Waals surface area contributed by atoms with Crippen molar-refractivity contribution in [2.45, 2.75) is 27.7 Å². The topological polar surface area (TPSA) is 58.6 Å². The van der Waals surface area contributed by atoms with Crippen molar-refractivity contribution in [1.29, 1.82) is 0 Å². The van der Waals surface area contributed by atoms with E-state index in [0.717, 1.165) is 0 Å². The molecule has 0 aliphatic rings. The highest BCUT2D eigenvalue weighted by molar-refractivity contribution is 7.75. The van der Waals surface area contributed by atoms with Crippen LogP contribution in [0.4, 0.5) is 4.53 Å². The first-order valence-electron chi connectivity index (χ1n) is 5.13. The van der Waals surface area contributed by atoms with Gasteiger partial charge in [-0.3, -0.25) is 4.57 Å². The Labute approximate surface area is 102 Å². The van der Waals surface area contributed by atoms with E-state index in [1.165, 1.54) is 24.6 Å². The summed E-state index contributed by atoms with van der Waals surface area (Å²) in [7, 11) is -5.23. The van der Waals surface area contributed by atoms with Crippen molar-refractivity contribution in [2.75, 3.05) is 24.6 Å². The highest BCUT2D eigenvalue weighted by Crippen LogP contribution is 2.57. The molecule has 4 nitrogen and oxygen atoms in total. The van der Waals surface area contributed by atoms with E-state index in [2.05, 4.69) is 48.4 Å². The van der Waals surface area contributed by atoms with E-state index in [1.54, 1.807) is 0 Å². The van der Waals surface area contributed by atoms with E-state index in [-0.39, 0.29) is 0 Å².